The van der Waals surface area contributed by atoms with Crippen molar-refractivity contribution in [1.82, 2.24) is 14.6 Å². The monoisotopic (exact) mass is 385 g/mol. The first-order valence-electron chi connectivity index (χ1n) is 8.76. The van der Waals surface area contributed by atoms with Crippen LogP contribution < -0.4 is 15.4 Å². The summed E-state index contributed by atoms with van der Waals surface area (Å²) in [5.41, 5.74) is 8.71. The molecule has 2 heterocycles. The van der Waals surface area contributed by atoms with Gasteiger partial charge in [-0.25, -0.2) is 9.50 Å². The zero-order valence-electron chi connectivity index (χ0n) is 14.9. The number of primary amides is 1. The number of halogens is 1. The SMILES string of the molecule is COc1ccc(CN(c2cc(Cl)nn3c(CC(N)=O)cnc23)C2CC2)cc1. The van der Waals surface area contributed by atoms with Gasteiger partial charge in [-0.15, -0.1) is 0 Å². The highest BCUT2D eigenvalue weighted by Gasteiger charge is 2.31. The van der Waals surface area contributed by atoms with Crippen LogP contribution >= 0.6 is 11.6 Å². The maximum atomic E-state index is 11.3. The standard InChI is InChI=1S/C19H20ClN5O2/c1-27-15-6-2-12(3-7-15)11-24(13-4-5-13)16-9-17(20)23-25-14(8-18(21)26)10-22-19(16)25/h2-3,6-7,9-10,13H,4-5,8,11H2,1H3,(H2,21,26). The van der Waals surface area contributed by atoms with Crippen molar-refractivity contribution in [2.75, 3.05) is 12.0 Å². The lowest BCUT2D eigenvalue weighted by molar-refractivity contribution is -0.117. The smallest absolute Gasteiger partial charge is 0.223 e. The Morgan fingerprint density at radius 3 is 2.74 bits per heavy atom. The van der Waals surface area contributed by atoms with Crippen molar-refractivity contribution in [2.45, 2.75) is 31.8 Å². The molecule has 7 nitrogen and oxygen atoms in total. The molecule has 0 atom stereocenters. The number of rotatable bonds is 7. The van der Waals surface area contributed by atoms with Gasteiger partial charge < -0.3 is 15.4 Å². The molecule has 140 valence electrons. The topological polar surface area (TPSA) is 85.8 Å². The van der Waals surface area contributed by atoms with Crippen LogP contribution in [0.2, 0.25) is 5.15 Å². The van der Waals surface area contributed by atoms with Crippen LogP contribution in [0.4, 0.5) is 5.69 Å². The van der Waals surface area contributed by atoms with E-state index in [4.69, 9.17) is 22.1 Å². The summed E-state index contributed by atoms with van der Waals surface area (Å²) in [5.74, 6) is 0.396. The molecule has 3 aromatic rings. The van der Waals surface area contributed by atoms with Crippen molar-refractivity contribution >= 4 is 28.8 Å². The zero-order valence-corrected chi connectivity index (χ0v) is 15.7. The van der Waals surface area contributed by atoms with Crippen molar-refractivity contribution in [1.29, 1.82) is 0 Å². The summed E-state index contributed by atoms with van der Waals surface area (Å²) >= 11 is 6.28. The molecule has 1 aromatic carbocycles. The minimum absolute atomic E-state index is 0.0653. The summed E-state index contributed by atoms with van der Waals surface area (Å²) in [6, 6.07) is 10.3. The fraction of sp³-hybridized carbons (Fsp3) is 0.316. The molecule has 0 aliphatic heterocycles. The Morgan fingerprint density at radius 2 is 2.11 bits per heavy atom. The van der Waals surface area contributed by atoms with Gasteiger partial charge in [0.1, 0.15) is 5.75 Å². The molecule has 0 radical (unpaired) electrons. The Kier molecular flexibility index (Phi) is 4.61. The number of imidazole rings is 1. The number of methoxy groups -OCH3 is 1. The van der Waals surface area contributed by atoms with Crippen molar-refractivity contribution in [3.63, 3.8) is 0 Å². The van der Waals surface area contributed by atoms with Crippen LogP contribution in [0, 0.1) is 0 Å². The Hall–Kier alpha value is -2.80. The van der Waals surface area contributed by atoms with E-state index in [9.17, 15) is 4.79 Å². The maximum Gasteiger partial charge on any atom is 0.223 e. The number of benzene rings is 1. The van der Waals surface area contributed by atoms with Crippen molar-refractivity contribution in [3.05, 3.63) is 52.9 Å². The highest BCUT2D eigenvalue weighted by Crippen LogP contribution is 2.36. The van der Waals surface area contributed by atoms with E-state index in [0.717, 1.165) is 36.4 Å². The van der Waals surface area contributed by atoms with Gasteiger partial charge in [-0.3, -0.25) is 4.79 Å². The summed E-state index contributed by atoms with van der Waals surface area (Å²) in [6.07, 6.45) is 3.94. The minimum atomic E-state index is -0.433. The average molecular weight is 386 g/mol. The van der Waals surface area contributed by atoms with Crippen LogP contribution in [-0.4, -0.2) is 33.7 Å². The van der Waals surface area contributed by atoms with E-state index in [0.29, 0.717) is 22.5 Å². The second-order valence-corrected chi connectivity index (χ2v) is 7.07. The lowest BCUT2D eigenvalue weighted by Crippen LogP contribution is -2.26. The second-order valence-electron chi connectivity index (χ2n) is 6.69. The quantitative estimate of drug-likeness (QED) is 0.675. The van der Waals surface area contributed by atoms with E-state index in [1.54, 1.807) is 17.8 Å². The zero-order chi connectivity index (χ0) is 19.0. The number of aromatic nitrogens is 3. The number of hydrogen-bond acceptors (Lipinski definition) is 5. The number of nitrogens with zero attached hydrogens (tertiary/aromatic N) is 4. The number of hydrogen-bond donors (Lipinski definition) is 1. The fourth-order valence-corrected chi connectivity index (χ4v) is 3.38. The second kappa shape index (κ2) is 7.08. The molecule has 0 unspecified atom stereocenters. The van der Waals surface area contributed by atoms with Gasteiger partial charge in [0.2, 0.25) is 5.91 Å². The Labute approximate surface area is 161 Å². The van der Waals surface area contributed by atoms with Crippen LogP contribution in [-0.2, 0) is 17.8 Å². The minimum Gasteiger partial charge on any atom is -0.497 e. The Balaban J connectivity index is 1.72. The molecule has 0 bridgehead atoms. The molecule has 8 heteroatoms. The molecular weight excluding hydrogens is 366 g/mol. The fourth-order valence-electron chi connectivity index (χ4n) is 3.20. The largest absolute Gasteiger partial charge is 0.497 e. The first-order valence-corrected chi connectivity index (χ1v) is 9.14. The molecule has 2 N–H and O–H groups in total. The highest BCUT2D eigenvalue weighted by molar-refractivity contribution is 6.29. The van der Waals surface area contributed by atoms with Gasteiger partial charge in [0, 0.05) is 18.7 Å². The summed E-state index contributed by atoms with van der Waals surface area (Å²) in [6.45, 7) is 0.725. The number of fused-ring (bicyclic) bond motifs is 1. The maximum absolute atomic E-state index is 11.3. The predicted molar refractivity (Wildman–Crippen MR) is 103 cm³/mol. The van der Waals surface area contributed by atoms with Crippen LogP contribution in [0.5, 0.6) is 5.75 Å². The molecule has 1 aliphatic rings. The van der Waals surface area contributed by atoms with Gasteiger partial charge in [-0.2, -0.15) is 5.10 Å². The van der Waals surface area contributed by atoms with Gasteiger partial charge in [0.15, 0.2) is 10.8 Å². The molecule has 1 saturated carbocycles. The number of amides is 1. The summed E-state index contributed by atoms with van der Waals surface area (Å²) in [7, 11) is 1.66. The molecule has 1 aliphatic carbocycles. The van der Waals surface area contributed by atoms with Crippen molar-refractivity contribution in [3.8, 4) is 5.75 Å². The molecular formula is C19H20ClN5O2. The van der Waals surface area contributed by atoms with Gasteiger partial charge >= 0.3 is 0 Å². The summed E-state index contributed by atoms with van der Waals surface area (Å²) in [5, 5.41) is 4.66. The normalized spacial score (nSPS) is 13.7. The van der Waals surface area contributed by atoms with E-state index in [1.807, 2.05) is 18.2 Å². The molecule has 27 heavy (non-hydrogen) atoms. The van der Waals surface area contributed by atoms with E-state index >= 15 is 0 Å². The van der Waals surface area contributed by atoms with Crippen LogP contribution in [0.3, 0.4) is 0 Å². The van der Waals surface area contributed by atoms with Gasteiger partial charge in [0.05, 0.1) is 31.1 Å². The number of carbonyl (C=O) groups is 1. The lowest BCUT2D eigenvalue weighted by Gasteiger charge is -2.25. The summed E-state index contributed by atoms with van der Waals surface area (Å²) in [4.78, 5) is 18.1. The van der Waals surface area contributed by atoms with E-state index < -0.39 is 5.91 Å². The molecule has 1 fully saturated rings. The van der Waals surface area contributed by atoms with Crippen LogP contribution in [0.15, 0.2) is 36.5 Å². The first-order chi connectivity index (χ1) is 13.0. The van der Waals surface area contributed by atoms with E-state index in [-0.39, 0.29) is 6.42 Å². The van der Waals surface area contributed by atoms with E-state index in [2.05, 4.69) is 27.1 Å². The van der Waals surface area contributed by atoms with Crippen LogP contribution in [0.25, 0.3) is 5.65 Å². The Bertz CT molecular complexity index is 982. The third-order valence-corrected chi connectivity index (χ3v) is 4.84. The first kappa shape index (κ1) is 17.6. The molecule has 0 saturated heterocycles. The Morgan fingerprint density at radius 1 is 1.37 bits per heavy atom. The summed E-state index contributed by atoms with van der Waals surface area (Å²) < 4.78 is 6.85. The molecule has 4 rings (SSSR count). The third kappa shape index (κ3) is 3.68. The third-order valence-electron chi connectivity index (χ3n) is 4.65. The van der Waals surface area contributed by atoms with Gasteiger partial charge in [-0.05, 0) is 30.5 Å². The highest BCUT2D eigenvalue weighted by atomic mass is 35.5. The van der Waals surface area contributed by atoms with Crippen molar-refractivity contribution < 1.29 is 9.53 Å². The van der Waals surface area contributed by atoms with Gasteiger partial charge in [0.25, 0.3) is 0 Å². The van der Waals surface area contributed by atoms with Crippen molar-refractivity contribution in [2.24, 2.45) is 5.73 Å². The lowest BCUT2D eigenvalue weighted by atomic mass is 10.2. The number of ether oxygens (including phenoxy) is 1. The van der Waals surface area contributed by atoms with E-state index in [1.165, 1.54) is 0 Å². The number of nitrogens with two attached hydrogens (primary N) is 1. The number of carbonyl (C=O) groups excluding carboxylic acids is 1. The molecule has 2 aromatic heterocycles. The predicted octanol–water partition coefficient (Wildman–Crippen LogP) is 2.59. The van der Waals surface area contributed by atoms with Gasteiger partial charge in [-0.1, -0.05) is 23.7 Å². The average Bonchev–Trinajstić information content (AvgIpc) is 3.42. The number of anilines is 1. The molecule has 0 spiro atoms. The molecule has 1 amide bonds. The van der Waals surface area contributed by atoms with Crippen LogP contribution in [0.1, 0.15) is 24.1 Å².